The zero-order valence-corrected chi connectivity index (χ0v) is 5.80. The molecule has 0 N–H and O–H groups in total. The van der Waals surface area contributed by atoms with E-state index in [9.17, 15) is 0 Å². The van der Waals surface area contributed by atoms with Gasteiger partial charge in [0.25, 0.3) is 0 Å². The van der Waals surface area contributed by atoms with Crippen LogP contribution in [-0.4, -0.2) is 0 Å². The maximum atomic E-state index is 4.98. The van der Waals surface area contributed by atoms with Gasteiger partial charge in [-0.15, -0.1) is 6.42 Å². The molecule has 0 saturated heterocycles. The highest BCUT2D eigenvalue weighted by Gasteiger charge is 1.66. The summed E-state index contributed by atoms with van der Waals surface area (Å²) in [5.74, 6) is 2.43. The molecule has 0 aromatic heterocycles. The smallest absolute Gasteiger partial charge is 0.0158 e. The number of hydrogen-bond donors (Lipinski definition) is 0. The first-order valence-corrected chi connectivity index (χ1v) is 3.18. The van der Waals surface area contributed by atoms with Crippen molar-refractivity contribution in [1.82, 2.24) is 0 Å². The quantitative estimate of drug-likeness (QED) is 0.396. The van der Waals surface area contributed by atoms with Gasteiger partial charge in [0.05, 0.1) is 0 Å². The Kier molecular flexibility index (Phi) is 6.29. The number of terminal acetylenes is 1. The topological polar surface area (TPSA) is 0 Å². The van der Waals surface area contributed by atoms with Crippen LogP contribution in [0.3, 0.4) is 0 Å². The van der Waals surface area contributed by atoms with Crippen molar-refractivity contribution in [2.45, 2.75) is 19.8 Å². The van der Waals surface area contributed by atoms with Gasteiger partial charge in [-0.2, -0.15) is 0 Å². The lowest BCUT2D eigenvalue weighted by atomic mass is 10.3. The van der Waals surface area contributed by atoms with Crippen LogP contribution in [0.25, 0.3) is 0 Å². The molecule has 0 unspecified atom stereocenters. The molecule has 0 nitrogen and oxygen atoms in total. The highest BCUT2D eigenvalue weighted by molar-refractivity contribution is 5.10. The molecule has 0 rings (SSSR count). The fourth-order valence-corrected chi connectivity index (χ4v) is 0.478. The van der Waals surface area contributed by atoms with Gasteiger partial charge in [0.15, 0.2) is 0 Å². The van der Waals surface area contributed by atoms with E-state index in [1.165, 1.54) is 0 Å². The minimum absolute atomic E-state index is 0.956. The van der Waals surface area contributed by atoms with Crippen LogP contribution < -0.4 is 0 Å². The summed E-state index contributed by atoms with van der Waals surface area (Å²) in [6.45, 7) is 2.11. The first-order chi connectivity index (χ1) is 4.41. The van der Waals surface area contributed by atoms with E-state index in [-0.39, 0.29) is 0 Å². The number of hydrogen-bond acceptors (Lipinski definition) is 0. The summed E-state index contributed by atoms with van der Waals surface area (Å²) in [5, 5.41) is 0. The third-order valence-electron chi connectivity index (χ3n) is 0.889. The van der Waals surface area contributed by atoms with E-state index in [1.807, 2.05) is 6.08 Å². The molecule has 0 atom stereocenters. The molecule has 0 amide bonds. The molecule has 0 heterocycles. The lowest BCUT2D eigenvalue weighted by Gasteiger charge is -1.77. The molecular weight excluding hydrogens is 108 g/mol. The van der Waals surface area contributed by atoms with Gasteiger partial charge < -0.3 is 0 Å². The Labute approximate surface area is 57.3 Å². The summed E-state index contributed by atoms with van der Waals surface area (Å²) in [7, 11) is 0. The number of allylic oxidation sites excluding steroid dienone is 4. The maximum Gasteiger partial charge on any atom is -0.0158 e. The van der Waals surface area contributed by atoms with E-state index in [0.29, 0.717) is 0 Å². The molecule has 0 radical (unpaired) electrons. The second-order valence-electron chi connectivity index (χ2n) is 1.68. The van der Waals surface area contributed by atoms with E-state index in [2.05, 4.69) is 25.0 Å². The minimum Gasteiger partial charge on any atom is -0.115 e. The monoisotopic (exact) mass is 120 g/mol. The third-order valence-corrected chi connectivity index (χ3v) is 0.889. The zero-order valence-electron chi connectivity index (χ0n) is 5.80. The largest absolute Gasteiger partial charge is 0.115 e. The Morgan fingerprint density at radius 3 is 2.67 bits per heavy atom. The molecule has 0 aromatic rings. The molecule has 0 fully saturated rings. The van der Waals surface area contributed by atoms with Crippen LogP contribution in [0.1, 0.15) is 19.8 Å². The predicted octanol–water partition coefficient (Wildman–Crippen LogP) is 2.53. The fraction of sp³-hybridized carbons (Fsp3) is 0.333. The first-order valence-electron chi connectivity index (χ1n) is 3.18. The van der Waals surface area contributed by atoms with Crippen molar-refractivity contribution in [2.75, 3.05) is 0 Å². The summed E-state index contributed by atoms with van der Waals surface area (Å²) < 4.78 is 0. The van der Waals surface area contributed by atoms with Gasteiger partial charge in [-0.1, -0.05) is 31.1 Å². The van der Waals surface area contributed by atoms with Crippen molar-refractivity contribution < 1.29 is 0 Å². The van der Waals surface area contributed by atoms with Crippen LogP contribution in [0.15, 0.2) is 24.3 Å². The molecular formula is C9H12. The normalized spacial score (nSPS) is 10.7. The highest BCUT2D eigenvalue weighted by atomic mass is 13.7. The average molecular weight is 120 g/mol. The standard InChI is InChI=1S/C9H12/c1-3-5-7-9-8-6-4-2/h1,5-8H,4,9H2,2H3/b7-5+,8-6+. The average Bonchev–Trinajstić information content (AvgIpc) is 1.89. The van der Waals surface area contributed by atoms with Gasteiger partial charge >= 0.3 is 0 Å². The van der Waals surface area contributed by atoms with Gasteiger partial charge in [0.1, 0.15) is 0 Å². The van der Waals surface area contributed by atoms with Gasteiger partial charge in [-0.05, 0) is 18.9 Å². The lowest BCUT2D eigenvalue weighted by molar-refractivity contribution is 1.20. The molecule has 0 heteroatoms. The summed E-state index contributed by atoms with van der Waals surface area (Å²) in [6, 6.07) is 0. The van der Waals surface area contributed by atoms with Crippen LogP contribution in [-0.2, 0) is 0 Å². The van der Waals surface area contributed by atoms with Gasteiger partial charge in [0.2, 0.25) is 0 Å². The van der Waals surface area contributed by atoms with Crippen LogP contribution >= 0.6 is 0 Å². The summed E-state index contributed by atoms with van der Waals surface area (Å²) in [6.07, 6.45) is 15.0. The third kappa shape index (κ3) is 7.04. The molecule has 0 aromatic carbocycles. The second-order valence-corrected chi connectivity index (χ2v) is 1.68. The number of rotatable bonds is 3. The SMILES string of the molecule is C#C/C=C/C/C=C/CC. The van der Waals surface area contributed by atoms with Crippen molar-refractivity contribution in [3.63, 3.8) is 0 Å². The van der Waals surface area contributed by atoms with Crippen molar-refractivity contribution in [1.29, 1.82) is 0 Å². The van der Waals surface area contributed by atoms with E-state index in [1.54, 1.807) is 6.08 Å². The van der Waals surface area contributed by atoms with Crippen LogP contribution in [0.5, 0.6) is 0 Å². The van der Waals surface area contributed by atoms with Crippen molar-refractivity contribution in [3.8, 4) is 12.3 Å². The first kappa shape index (κ1) is 8.04. The molecule has 0 aliphatic rings. The van der Waals surface area contributed by atoms with Crippen LogP contribution in [0, 0.1) is 12.3 Å². The van der Waals surface area contributed by atoms with Crippen LogP contribution in [0.2, 0.25) is 0 Å². The zero-order chi connectivity index (χ0) is 6.95. The summed E-state index contributed by atoms with van der Waals surface area (Å²) in [4.78, 5) is 0. The van der Waals surface area contributed by atoms with Gasteiger partial charge in [-0.3, -0.25) is 0 Å². The molecule has 48 valence electrons. The molecule has 0 aliphatic carbocycles. The van der Waals surface area contributed by atoms with Gasteiger partial charge in [-0.25, -0.2) is 0 Å². The molecule has 0 aliphatic heterocycles. The summed E-state index contributed by atoms with van der Waals surface area (Å²) >= 11 is 0. The molecule has 0 saturated carbocycles. The summed E-state index contributed by atoms with van der Waals surface area (Å²) in [5.41, 5.74) is 0. The van der Waals surface area contributed by atoms with Crippen molar-refractivity contribution >= 4 is 0 Å². The minimum atomic E-state index is 0.956. The predicted molar refractivity (Wildman–Crippen MR) is 42.0 cm³/mol. The lowest BCUT2D eigenvalue weighted by Crippen LogP contribution is -1.57. The fourth-order valence-electron chi connectivity index (χ4n) is 0.478. The Morgan fingerprint density at radius 2 is 2.11 bits per heavy atom. The van der Waals surface area contributed by atoms with Crippen molar-refractivity contribution in [2.24, 2.45) is 0 Å². The Bertz CT molecular complexity index is 133. The van der Waals surface area contributed by atoms with E-state index < -0.39 is 0 Å². The highest BCUT2D eigenvalue weighted by Crippen LogP contribution is 1.86. The Hall–Kier alpha value is -0.960. The second kappa shape index (κ2) is 7.04. The Morgan fingerprint density at radius 1 is 1.33 bits per heavy atom. The molecule has 9 heavy (non-hydrogen) atoms. The van der Waals surface area contributed by atoms with Gasteiger partial charge in [0, 0.05) is 0 Å². The van der Waals surface area contributed by atoms with Crippen LogP contribution in [0.4, 0.5) is 0 Å². The van der Waals surface area contributed by atoms with E-state index in [0.717, 1.165) is 12.8 Å². The van der Waals surface area contributed by atoms with E-state index in [4.69, 9.17) is 6.42 Å². The van der Waals surface area contributed by atoms with Crippen molar-refractivity contribution in [3.05, 3.63) is 24.3 Å². The molecule has 0 spiro atoms. The maximum absolute atomic E-state index is 4.98. The van der Waals surface area contributed by atoms with E-state index >= 15 is 0 Å². The Balaban J connectivity index is 3.21. The molecule has 0 bridgehead atoms.